The number of hydrogen-bond acceptors (Lipinski definition) is 2. The summed E-state index contributed by atoms with van der Waals surface area (Å²) in [5.74, 6) is 0.161. The monoisotopic (exact) mass is 299 g/mol. The minimum absolute atomic E-state index is 0.0122. The molecule has 1 amide bonds. The van der Waals surface area contributed by atoms with Gasteiger partial charge in [-0.15, -0.1) is 0 Å². The van der Waals surface area contributed by atoms with E-state index >= 15 is 0 Å². The highest BCUT2D eigenvalue weighted by atomic mass is 79.9. The second kappa shape index (κ2) is 6.64. The second-order valence-electron chi connectivity index (χ2n) is 3.88. The van der Waals surface area contributed by atoms with E-state index in [-0.39, 0.29) is 11.7 Å². The summed E-state index contributed by atoms with van der Waals surface area (Å²) < 4.78 is 0. The molecule has 0 bridgehead atoms. The number of amides is 1. The summed E-state index contributed by atoms with van der Waals surface area (Å²) in [5.41, 5.74) is 1.23. The normalized spacial score (nSPS) is 10.3. The number of aromatic hydroxyl groups is 1. The van der Waals surface area contributed by atoms with E-state index in [0.717, 1.165) is 18.3 Å². The van der Waals surface area contributed by atoms with Gasteiger partial charge < -0.3 is 10.0 Å². The molecule has 1 aromatic rings. The second-order valence-corrected chi connectivity index (χ2v) is 4.67. The topological polar surface area (TPSA) is 40.5 Å². The molecule has 0 atom stereocenters. The van der Waals surface area contributed by atoms with Crippen molar-refractivity contribution in [3.8, 4) is 5.75 Å². The lowest BCUT2D eigenvalue weighted by Crippen LogP contribution is -2.32. The maximum absolute atomic E-state index is 12.3. The van der Waals surface area contributed by atoms with E-state index in [4.69, 9.17) is 0 Å². The molecule has 0 aromatic heterocycles. The lowest BCUT2D eigenvalue weighted by Gasteiger charge is -2.21. The predicted molar refractivity (Wildman–Crippen MR) is 72.8 cm³/mol. The third kappa shape index (κ3) is 3.46. The van der Waals surface area contributed by atoms with E-state index in [1.807, 2.05) is 6.92 Å². The summed E-state index contributed by atoms with van der Waals surface area (Å²) in [4.78, 5) is 14.0. The van der Waals surface area contributed by atoms with Crippen molar-refractivity contribution in [1.29, 1.82) is 0 Å². The average molecular weight is 300 g/mol. The van der Waals surface area contributed by atoms with E-state index in [0.29, 0.717) is 17.7 Å². The molecule has 0 aliphatic heterocycles. The number of phenolic OH excluding ortho intramolecular Hbond substituents is 1. The SMILES string of the molecule is CCN(CCCBr)C(=O)c1cccc(O)c1C. The smallest absolute Gasteiger partial charge is 0.254 e. The van der Waals surface area contributed by atoms with E-state index in [9.17, 15) is 9.90 Å². The lowest BCUT2D eigenvalue weighted by atomic mass is 10.1. The van der Waals surface area contributed by atoms with Crippen LogP contribution in [0.25, 0.3) is 0 Å². The van der Waals surface area contributed by atoms with Gasteiger partial charge in [0.2, 0.25) is 0 Å². The average Bonchev–Trinajstić information content (AvgIpc) is 2.33. The van der Waals surface area contributed by atoms with Crippen LogP contribution in [0.15, 0.2) is 18.2 Å². The number of carbonyl (C=O) groups is 1. The van der Waals surface area contributed by atoms with Gasteiger partial charge in [0.1, 0.15) is 5.75 Å². The maximum atomic E-state index is 12.3. The molecule has 0 fully saturated rings. The van der Waals surface area contributed by atoms with Crippen molar-refractivity contribution in [2.45, 2.75) is 20.3 Å². The van der Waals surface area contributed by atoms with Crippen molar-refractivity contribution in [3.63, 3.8) is 0 Å². The van der Waals surface area contributed by atoms with Crippen molar-refractivity contribution in [3.05, 3.63) is 29.3 Å². The molecular weight excluding hydrogens is 282 g/mol. The fourth-order valence-electron chi connectivity index (χ4n) is 1.68. The van der Waals surface area contributed by atoms with Crippen LogP contribution in [0.2, 0.25) is 0 Å². The Balaban J connectivity index is 2.90. The molecule has 0 aliphatic carbocycles. The van der Waals surface area contributed by atoms with Crippen LogP contribution in [0.5, 0.6) is 5.75 Å². The molecule has 1 N–H and O–H groups in total. The number of benzene rings is 1. The van der Waals surface area contributed by atoms with Crippen LogP contribution >= 0.6 is 15.9 Å². The van der Waals surface area contributed by atoms with Gasteiger partial charge in [-0.1, -0.05) is 22.0 Å². The standard InChI is InChI=1S/C13H18BrNO2/c1-3-15(9-5-8-14)13(17)11-6-4-7-12(16)10(11)2/h4,6-7,16H,3,5,8-9H2,1-2H3. The van der Waals surface area contributed by atoms with E-state index in [1.54, 1.807) is 30.0 Å². The molecule has 17 heavy (non-hydrogen) atoms. The van der Waals surface area contributed by atoms with Crippen LogP contribution in [0.3, 0.4) is 0 Å². The van der Waals surface area contributed by atoms with Gasteiger partial charge in [-0.05, 0) is 32.4 Å². The molecule has 0 radical (unpaired) electrons. The van der Waals surface area contributed by atoms with Gasteiger partial charge in [-0.25, -0.2) is 0 Å². The Morgan fingerprint density at radius 2 is 2.18 bits per heavy atom. The molecule has 4 heteroatoms. The zero-order valence-electron chi connectivity index (χ0n) is 10.2. The molecule has 0 unspecified atom stereocenters. The highest BCUT2D eigenvalue weighted by molar-refractivity contribution is 9.09. The summed E-state index contributed by atoms with van der Waals surface area (Å²) in [6, 6.07) is 5.06. The fraction of sp³-hybridized carbons (Fsp3) is 0.462. The van der Waals surface area contributed by atoms with Crippen LogP contribution < -0.4 is 0 Å². The lowest BCUT2D eigenvalue weighted by molar-refractivity contribution is 0.0764. The quantitative estimate of drug-likeness (QED) is 0.849. The third-order valence-corrected chi connectivity index (χ3v) is 3.33. The number of hydrogen-bond donors (Lipinski definition) is 1. The summed E-state index contributed by atoms with van der Waals surface area (Å²) in [6.07, 6.45) is 0.928. The molecule has 0 saturated heterocycles. The zero-order valence-corrected chi connectivity index (χ0v) is 11.8. The van der Waals surface area contributed by atoms with Gasteiger partial charge >= 0.3 is 0 Å². The first-order chi connectivity index (χ1) is 8.11. The molecule has 0 spiro atoms. The molecule has 1 aromatic carbocycles. The first-order valence-corrected chi connectivity index (χ1v) is 6.87. The van der Waals surface area contributed by atoms with Gasteiger partial charge in [-0.3, -0.25) is 4.79 Å². The van der Waals surface area contributed by atoms with Crippen LogP contribution in [0.1, 0.15) is 29.3 Å². The van der Waals surface area contributed by atoms with Crippen LogP contribution in [-0.2, 0) is 0 Å². The summed E-state index contributed by atoms with van der Waals surface area (Å²) in [6.45, 7) is 5.14. The van der Waals surface area contributed by atoms with Crippen molar-refractivity contribution in [2.75, 3.05) is 18.4 Å². The Kier molecular flexibility index (Phi) is 5.48. The highest BCUT2D eigenvalue weighted by Crippen LogP contribution is 2.21. The van der Waals surface area contributed by atoms with E-state index in [1.165, 1.54) is 0 Å². The Bertz CT molecular complexity index is 393. The Morgan fingerprint density at radius 1 is 1.47 bits per heavy atom. The van der Waals surface area contributed by atoms with Gasteiger partial charge in [0.05, 0.1) is 0 Å². The molecule has 94 valence electrons. The first-order valence-electron chi connectivity index (χ1n) is 5.75. The molecule has 1 rings (SSSR count). The molecule has 3 nitrogen and oxygen atoms in total. The number of alkyl halides is 1. The number of halogens is 1. The van der Waals surface area contributed by atoms with Crippen molar-refractivity contribution in [2.24, 2.45) is 0 Å². The maximum Gasteiger partial charge on any atom is 0.254 e. The van der Waals surface area contributed by atoms with Crippen LogP contribution in [-0.4, -0.2) is 34.3 Å². The van der Waals surface area contributed by atoms with Crippen LogP contribution in [0, 0.1) is 6.92 Å². The Hall–Kier alpha value is -1.03. The van der Waals surface area contributed by atoms with E-state index < -0.39 is 0 Å². The minimum Gasteiger partial charge on any atom is -0.508 e. The Labute approximate surface area is 111 Å². The molecule has 0 heterocycles. The largest absolute Gasteiger partial charge is 0.508 e. The summed E-state index contributed by atoms with van der Waals surface area (Å²) in [5, 5.41) is 10.5. The highest BCUT2D eigenvalue weighted by Gasteiger charge is 2.16. The van der Waals surface area contributed by atoms with Crippen molar-refractivity contribution in [1.82, 2.24) is 4.90 Å². The van der Waals surface area contributed by atoms with Gasteiger partial charge in [-0.2, -0.15) is 0 Å². The number of carbonyl (C=O) groups excluding carboxylic acids is 1. The molecular formula is C13H18BrNO2. The number of rotatable bonds is 5. The van der Waals surface area contributed by atoms with E-state index in [2.05, 4.69) is 15.9 Å². The Morgan fingerprint density at radius 3 is 2.76 bits per heavy atom. The zero-order chi connectivity index (χ0) is 12.8. The van der Waals surface area contributed by atoms with Crippen molar-refractivity contribution < 1.29 is 9.90 Å². The van der Waals surface area contributed by atoms with Gasteiger partial charge in [0.25, 0.3) is 5.91 Å². The minimum atomic E-state index is -0.0122. The third-order valence-electron chi connectivity index (χ3n) is 2.77. The molecule has 0 aliphatic rings. The van der Waals surface area contributed by atoms with Crippen molar-refractivity contribution >= 4 is 21.8 Å². The predicted octanol–water partition coefficient (Wildman–Crippen LogP) is 2.95. The summed E-state index contributed by atoms with van der Waals surface area (Å²) >= 11 is 3.36. The first kappa shape index (κ1) is 14.0. The van der Waals surface area contributed by atoms with Gasteiger partial charge in [0.15, 0.2) is 0 Å². The van der Waals surface area contributed by atoms with Crippen LogP contribution in [0.4, 0.5) is 0 Å². The fourth-order valence-corrected chi connectivity index (χ4v) is 1.93. The van der Waals surface area contributed by atoms with Gasteiger partial charge in [0, 0.05) is 29.5 Å². The summed E-state index contributed by atoms with van der Waals surface area (Å²) in [7, 11) is 0. The molecule has 0 saturated carbocycles. The number of phenols is 1. The number of nitrogens with zero attached hydrogens (tertiary/aromatic N) is 1.